The molecule has 4 amide bonds. The lowest BCUT2D eigenvalue weighted by Crippen LogP contribution is -2.51. The highest BCUT2D eigenvalue weighted by molar-refractivity contribution is 5.89. The minimum atomic E-state index is -0.542. The van der Waals surface area contributed by atoms with Crippen molar-refractivity contribution in [2.75, 3.05) is 13.1 Å². The van der Waals surface area contributed by atoms with Gasteiger partial charge in [-0.05, 0) is 33.6 Å². The molecule has 25 heavy (non-hydrogen) atoms. The number of nitrogens with two attached hydrogens (primary N) is 1. The van der Waals surface area contributed by atoms with Gasteiger partial charge in [-0.2, -0.15) is 0 Å². The van der Waals surface area contributed by atoms with Gasteiger partial charge < -0.3 is 21.3 Å². The Morgan fingerprint density at radius 1 is 1.16 bits per heavy atom. The van der Waals surface area contributed by atoms with E-state index in [2.05, 4.69) is 24.5 Å². The Labute approximate surface area is 157 Å². The van der Waals surface area contributed by atoms with E-state index in [1.165, 1.54) is 17.7 Å². The molecule has 1 aliphatic rings. The maximum Gasteiger partial charge on any atom is 0.315 e. The number of nitrogens with one attached hydrogen (secondary N) is 2. The molecule has 1 saturated heterocycles. The first-order valence-electron chi connectivity index (χ1n) is 9.27. The van der Waals surface area contributed by atoms with Gasteiger partial charge in [-0.25, -0.2) is 4.79 Å². The summed E-state index contributed by atoms with van der Waals surface area (Å²) >= 11 is 0. The number of nitrogens with zero attached hydrogens (tertiary/aromatic N) is 1. The Morgan fingerprint density at radius 3 is 2.08 bits per heavy atom. The highest BCUT2D eigenvalue weighted by Crippen LogP contribution is 2.16. The molecular weight excluding hydrogens is 320 g/mol. The molecule has 0 aliphatic carbocycles. The van der Waals surface area contributed by atoms with Crippen LogP contribution in [0.1, 0.15) is 78.4 Å². The van der Waals surface area contributed by atoms with Crippen molar-refractivity contribution in [1.82, 2.24) is 15.5 Å². The summed E-state index contributed by atoms with van der Waals surface area (Å²) < 4.78 is 0. The molecule has 7 nitrogen and oxygen atoms in total. The van der Waals surface area contributed by atoms with E-state index in [9.17, 15) is 14.4 Å². The molecule has 7 heteroatoms. The summed E-state index contributed by atoms with van der Waals surface area (Å²) in [5, 5.41) is 5.17. The van der Waals surface area contributed by atoms with Gasteiger partial charge in [-0.3, -0.25) is 9.59 Å². The number of unbranched alkanes of at least 4 members (excludes halogenated alkanes) is 1. The van der Waals surface area contributed by atoms with Crippen molar-refractivity contribution in [3.63, 3.8) is 0 Å². The SMILES string of the molecule is CC.CC(C)(C)NC(=O)NCC(=O)N1CCC[C@H]1C(N)=O.CCCC.[HH].[HH].[HH]. The topological polar surface area (TPSA) is 105 Å². The number of hydrogen-bond donors (Lipinski definition) is 3. The Kier molecular flexibility index (Phi) is 13.7. The third kappa shape index (κ3) is 12.3. The molecule has 4 N–H and O–H groups in total. The van der Waals surface area contributed by atoms with E-state index in [0.717, 1.165) is 6.42 Å². The zero-order valence-electron chi connectivity index (χ0n) is 17.1. The molecule has 1 heterocycles. The van der Waals surface area contributed by atoms with E-state index in [0.29, 0.717) is 13.0 Å². The number of amides is 4. The number of likely N-dealkylation sites (tertiary alicyclic amines) is 1. The lowest BCUT2D eigenvalue weighted by molar-refractivity contribution is -0.136. The molecule has 0 bridgehead atoms. The standard InChI is InChI=1S/C12H22N4O3.C4H10.C2H6.3H2/c1-12(2,3)15-11(19)14-7-9(17)16-6-4-5-8(16)10(13)18;1-3-4-2;1-2;;;/h8H,4-7H2,1-3H3,(H2,13,18)(H2,14,15,19);3-4H2,1-2H3;1-2H3;3*1H/t8-;;;;;/m0...../s1. The van der Waals surface area contributed by atoms with Crippen LogP contribution >= 0.6 is 0 Å². The van der Waals surface area contributed by atoms with Crippen molar-refractivity contribution in [3.05, 3.63) is 0 Å². The highest BCUT2D eigenvalue weighted by Gasteiger charge is 2.32. The van der Waals surface area contributed by atoms with Gasteiger partial charge in [0.25, 0.3) is 0 Å². The number of rotatable bonds is 4. The molecule has 0 aromatic heterocycles. The van der Waals surface area contributed by atoms with E-state index >= 15 is 0 Å². The van der Waals surface area contributed by atoms with Crippen LogP contribution in [0.15, 0.2) is 0 Å². The van der Waals surface area contributed by atoms with Crippen molar-refractivity contribution in [1.29, 1.82) is 0 Å². The van der Waals surface area contributed by atoms with Crippen LogP contribution in [0.4, 0.5) is 4.79 Å². The van der Waals surface area contributed by atoms with Crippen LogP contribution in [-0.4, -0.2) is 47.4 Å². The number of urea groups is 1. The van der Waals surface area contributed by atoms with E-state index in [1.807, 2.05) is 34.6 Å². The zero-order chi connectivity index (χ0) is 20.0. The Bertz CT molecular complexity index is 417. The second kappa shape index (κ2) is 13.5. The number of hydrogen-bond acceptors (Lipinski definition) is 3. The Morgan fingerprint density at radius 2 is 1.68 bits per heavy atom. The third-order valence-electron chi connectivity index (χ3n) is 3.29. The van der Waals surface area contributed by atoms with Crippen molar-refractivity contribution < 1.29 is 18.7 Å². The second-order valence-electron chi connectivity index (χ2n) is 6.71. The van der Waals surface area contributed by atoms with E-state index in [4.69, 9.17) is 5.73 Å². The van der Waals surface area contributed by atoms with Crippen LogP contribution in [0.5, 0.6) is 0 Å². The summed E-state index contributed by atoms with van der Waals surface area (Å²) in [5.41, 5.74) is 4.87. The van der Waals surface area contributed by atoms with Gasteiger partial charge in [-0.15, -0.1) is 0 Å². The van der Waals surface area contributed by atoms with Crippen LogP contribution in [-0.2, 0) is 9.59 Å². The molecular formula is C18H44N4O3. The minimum absolute atomic E-state index is 0. The summed E-state index contributed by atoms with van der Waals surface area (Å²) in [5.74, 6) is -0.782. The number of carbonyl (C=O) groups is 3. The molecule has 0 saturated carbocycles. The number of primary amides is 1. The fraction of sp³-hybridized carbons (Fsp3) is 0.833. The first-order valence-corrected chi connectivity index (χ1v) is 9.27. The van der Waals surface area contributed by atoms with Gasteiger partial charge >= 0.3 is 6.03 Å². The average Bonchev–Trinajstić information content (AvgIpc) is 3.03. The van der Waals surface area contributed by atoms with Crippen molar-refractivity contribution in [3.8, 4) is 0 Å². The average molecular weight is 365 g/mol. The zero-order valence-corrected chi connectivity index (χ0v) is 17.1. The van der Waals surface area contributed by atoms with E-state index < -0.39 is 18.0 Å². The Hall–Kier alpha value is -1.79. The largest absolute Gasteiger partial charge is 0.368 e. The Balaban J connectivity index is -0.000000174. The summed E-state index contributed by atoms with van der Waals surface area (Å²) in [7, 11) is 0. The van der Waals surface area contributed by atoms with Crippen LogP contribution in [0.3, 0.4) is 0 Å². The lowest BCUT2D eigenvalue weighted by atomic mass is 10.1. The summed E-state index contributed by atoms with van der Waals surface area (Å²) in [6, 6.07) is -0.948. The van der Waals surface area contributed by atoms with Gasteiger partial charge in [0.05, 0.1) is 6.54 Å². The molecule has 0 spiro atoms. The van der Waals surface area contributed by atoms with Crippen LogP contribution in [0.25, 0.3) is 0 Å². The van der Waals surface area contributed by atoms with Gasteiger partial charge in [0, 0.05) is 16.4 Å². The summed E-state index contributed by atoms with van der Waals surface area (Å²) in [6.07, 6.45) is 3.99. The van der Waals surface area contributed by atoms with Crippen LogP contribution in [0, 0.1) is 0 Å². The molecule has 1 fully saturated rings. The molecule has 1 aliphatic heterocycles. The monoisotopic (exact) mass is 364 g/mol. The van der Waals surface area contributed by atoms with Gasteiger partial charge in [0.1, 0.15) is 6.04 Å². The quantitative estimate of drug-likeness (QED) is 0.713. The van der Waals surface area contributed by atoms with Crippen molar-refractivity contribution in [2.24, 2.45) is 5.73 Å². The molecule has 1 atom stereocenters. The van der Waals surface area contributed by atoms with E-state index in [-0.39, 0.29) is 22.3 Å². The fourth-order valence-corrected chi connectivity index (χ4v) is 2.00. The molecule has 154 valence electrons. The van der Waals surface area contributed by atoms with Crippen LogP contribution < -0.4 is 16.4 Å². The molecule has 0 unspecified atom stereocenters. The predicted molar refractivity (Wildman–Crippen MR) is 108 cm³/mol. The normalized spacial score (nSPS) is 16.0. The maximum atomic E-state index is 11.9. The molecule has 0 aromatic rings. The van der Waals surface area contributed by atoms with Crippen molar-refractivity contribution >= 4 is 17.8 Å². The maximum absolute atomic E-state index is 11.9. The van der Waals surface area contributed by atoms with Crippen LogP contribution in [0.2, 0.25) is 0 Å². The second-order valence-corrected chi connectivity index (χ2v) is 6.71. The first-order chi connectivity index (χ1) is 11.6. The number of carbonyl (C=O) groups excluding carboxylic acids is 3. The van der Waals surface area contributed by atoms with E-state index in [1.54, 1.807) is 0 Å². The first kappa shape index (κ1) is 25.5. The van der Waals surface area contributed by atoms with Gasteiger partial charge in [0.2, 0.25) is 11.8 Å². The van der Waals surface area contributed by atoms with Gasteiger partial charge in [0.15, 0.2) is 0 Å². The molecule has 1 rings (SSSR count). The predicted octanol–water partition coefficient (Wildman–Crippen LogP) is 3.13. The summed E-state index contributed by atoms with van der Waals surface area (Å²) in [6.45, 7) is 14.3. The third-order valence-corrected chi connectivity index (χ3v) is 3.29. The minimum Gasteiger partial charge on any atom is -0.368 e. The molecule has 0 aromatic carbocycles. The van der Waals surface area contributed by atoms with Crippen molar-refractivity contribution in [2.45, 2.75) is 85.7 Å². The fourth-order valence-electron chi connectivity index (χ4n) is 2.00. The highest BCUT2D eigenvalue weighted by atomic mass is 16.2. The lowest BCUT2D eigenvalue weighted by Gasteiger charge is -2.24. The smallest absolute Gasteiger partial charge is 0.315 e. The van der Waals surface area contributed by atoms with Gasteiger partial charge in [-0.1, -0.05) is 40.5 Å². The summed E-state index contributed by atoms with van der Waals surface area (Å²) in [4.78, 5) is 36.0. The molecule has 0 radical (unpaired) electrons.